The van der Waals surface area contributed by atoms with Crippen molar-refractivity contribution in [2.75, 3.05) is 0 Å². The second-order valence-corrected chi connectivity index (χ2v) is 8.96. The second kappa shape index (κ2) is 5.92. The molecule has 2 aromatic rings. The van der Waals surface area contributed by atoms with Gasteiger partial charge in [0.25, 0.3) is 11.8 Å². The lowest BCUT2D eigenvalue weighted by Crippen LogP contribution is -2.40. The average Bonchev–Trinajstić information content (AvgIpc) is 3.36. The summed E-state index contributed by atoms with van der Waals surface area (Å²) in [6, 6.07) is 9.32. The van der Waals surface area contributed by atoms with Crippen LogP contribution in [0.4, 0.5) is 0 Å². The molecule has 5 aliphatic rings. The van der Waals surface area contributed by atoms with Crippen LogP contribution in [-0.4, -0.2) is 23.0 Å². The number of hydrogen-bond donors (Lipinski definition) is 0. The molecule has 3 fully saturated rings. The number of benzene rings is 1. The lowest BCUT2D eigenvalue weighted by atomic mass is 9.63. The molecule has 146 valence electrons. The van der Waals surface area contributed by atoms with Crippen LogP contribution in [0.15, 0.2) is 52.0 Å². The van der Waals surface area contributed by atoms with Crippen molar-refractivity contribution >= 4 is 29.6 Å². The molecule has 2 amide bonds. The van der Waals surface area contributed by atoms with E-state index in [2.05, 4.69) is 17.3 Å². The van der Waals surface area contributed by atoms with Crippen LogP contribution >= 0.6 is 11.6 Å². The number of nitrogens with zero attached hydrogens (tertiary/aromatic N) is 2. The van der Waals surface area contributed by atoms with Gasteiger partial charge in [-0.25, -0.2) is 0 Å². The Morgan fingerprint density at radius 3 is 2.41 bits per heavy atom. The molecular formula is C23H19ClN2O3. The van der Waals surface area contributed by atoms with Gasteiger partial charge in [0.05, 0.1) is 18.1 Å². The van der Waals surface area contributed by atoms with E-state index in [1.807, 2.05) is 31.2 Å². The highest BCUT2D eigenvalue weighted by Crippen LogP contribution is 2.65. The Kier molecular flexibility index (Phi) is 3.52. The minimum absolute atomic E-state index is 0.168. The molecule has 4 aliphatic carbocycles. The highest BCUT2D eigenvalue weighted by Gasteiger charge is 2.67. The molecule has 29 heavy (non-hydrogen) atoms. The molecule has 1 aromatic carbocycles. The van der Waals surface area contributed by atoms with E-state index in [1.165, 1.54) is 6.21 Å². The minimum atomic E-state index is -0.236. The summed E-state index contributed by atoms with van der Waals surface area (Å²) in [5, 5.41) is 5.96. The van der Waals surface area contributed by atoms with Gasteiger partial charge < -0.3 is 4.42 Å². The zero-order valence-electron chi connectivity index (χ0n) is 15.8. The molecule has 0 unspecified atom stereocenters. The Labute approximate surface area is 173 Å². The van der Waals surface area contributed by atoms with Gasteiger partial charge in [0.15, 0.2) is 0 Å². The summed E-state index contributed by atoms with van der Waals surface area (Å²) < 4.78 is 5.82. The summed E-state index contributed by atoms with van der Waals surface area (Å²) in [5.74, 6) is 1.90. The maximum Gasteiger partial charge on any atom is 0.254 e. The second-order valence-electron chi connectivity index (χ2n) is 8.55. The van der Waals surface area contributed by atoms with Crippen molar-refractivity contribution in [1.82, 2.24) is 5.01 Å². The largest absolute Gasteiger partial charge is 0.455 e. The molecular weight excluding hydrogens is 388 g/mol. The van der Waals surface area contributed by atoms with Gasteiger partial charge >= 0.3 is 0 Å². The van der Waals surface area contributed by atoms with E-state index in [0.29, 0.717) is 28.4 Å². The highest BCUT2D eigenvalue weighted by atomic mass is 35.5. The van der Waals surface area contributed by atoms with Crippen LogP contribution in [0.5, 0.6) is 0 Å². The Hall–Kier alpha value is -2.66. The van der Waals surface area contributed by atoms with Crippen LogP contribution < -0.4 is 0 Å². The fourth-order valence-electron chi connectivity index (χ4n) is 5.49. The van der Waals surface area contributed by atoms with Crippen molar-refractivity contribution in [3.05, 3.63) is 58.8 Å². The quantitative estimate of drug-likeness (QED) is 0.434. The van der Waals surface area contributed by atoms with E-state index in [9.17, 15) is 9.59 Å². The van der Waals surface area contributed by atoms with E-state index in [4.69, 9.17) is 16.0 Å². The van der Waals surface area contributed by atoms with Crippen LogP contribution in [-0.2, 0) is 9.59 Å². The van der Waals surface area contributed by atoms with Crippen molar-refractivity contribution < 1.29 is 14.0 Å². The summed E-state index contributed by atoms with van der Waals surface area (Å²) in [5.41, 5.74) is 1.86. The van der Waals surface area contributed by atoms with E-state index >= 15 is 0 Å². The standard InChI is InChI=1S/C23H19ClN2O3/c1-11-2-3-12(8-18(11)24)19-7-4-13(29-19)10-25-26-22(27)20-14-5-6-15(17-9-16(14)17)21(20)23(26)28/h2-8,10,14-17,20-21H,9H2,1H3/b25-10-/t14-,15-,16-,17+,20+,21+/m0/s1. The number of rotatable bonds is 3. The Balaban J connectivity index is 1.24. The zero-order valence-corrected chi connectivity index (χ0v) is 16.5. The van der Waals surface area contributed by atoms with Crippen LogP contribution in [0.1, 0.15) is 17.7 Å². The number of furan rings is 1. The third-order valence-electron chi connectivity index (χ3n) is 7.02. The van der Waals surface area contributed by atoms with Gasteiger partial charge in [0, 0.05) is 10.6 Å². The van der Waals surface area contributed by atoms with Gasteiger partial charge in [-0.1, -0.05) is 35.9 Å². The number of aryl methyl sites for hydroxylation is 1. The number of carbonyl (C=O) groups is 2. The Bertz CT molecular complexity index is 1080. The molecule has 0 N–H and O–H groups in total. The monoisotopic (exact) mass is 406 g/mol. The predicted octanol–water partition coefficient (Wildman–Crippen LogP) is 4.30. The Morgan fingerprint density at radius 2 is 1.76 bits per heavy atom. The topological polar surface area (TPSA) is 62.9 Å². The molecule has 0 radical (unpaired) electrons. The van der Waals surface area contributed by atoms with Gasteiger partial charge in [0.2, 0.25) is 0 Å². The predicted molar refractivity (Wildman–Crippen MR) is 108 cm³/mol. The zero-order chi connectivity index (χ0) is 19.9. The van der Waals surface area contributed by atoms with E-state index in [-0.39, 0.29) is 35.5 Å². The van der Waals surface area contributed by atoms with Crippen LogP contribution in [0.25, 0.3) is 11.3 Å². The van der Waals surface area contributed by atoms with Gasteiger partial charge in [0.1, 0.15) is 11.5 Å². The van der Waals surface area contributed by atoms with Crippen molar-refractivity contribution in [3.63, 3.8) is 0 Å². The van der Waals surface area contributed by atoms with Crippen molar-refractivity contribution in [1.29, 1.82) is 0 Å². The molecule has 1 saturated heterocycles. The maximum atomic E-state index is 12.9. The number of carbonyl (C=O) groups excluding carboxylic acids is 2. The molecule has 7 rings (SSSR count). The van der Waals surface area contributed by atoms with Gasteiger partial charge in [-0.05, 0) is 60.8 Å². The summed E-state index contributed by atoms with van der Waals surface area (Å²) in [6.07, 6.45) is 6.91. The van der Waals surface area contributed by atoms with E-state index in [0.717, 1.165) is 22.6 Å². The van der Waals surface area contributed by atoms with Crippen molar-refractivity contribution in [2.45, 2.75) is 13.3 Å². The SMILES string of the molecule is Cc1ccc(-c2ccc(/C=N\N3C(=O)[C@@H]4[C@H]5C=C[C@@H]([C@@H]6C[C@H]56)[C@H]4C3=O)o2)cc1Cl. The molecule has 2 saturated carbocycles. The first-order valence-corrected chi connectivity index (χ1v) is 10.4. The van der Waals surface area contributed by atoms with Gasteiger partial charge in [-0.2, -0.15) is 10.1 Å². The first kappa shape index (κ1) is 17.2. The smallest absolute Gasteiger partial charge is 0.254 e. The molecule has 6 heteroatoms. The first-order valence-electron chi connectivity index (χ1n) is 9.99. The van der Waals surface area contributed by atoms with E-state index in [1.54, 1.807) is 6.07 Å². The highest BCUT2D eigenvalue weighted by molar-refractivity contribution is 6.31. The fourth-order valence-corrected chi connectivity index (χ4v) is 5.67. The van der Waals surface area contributed by atoms with Crippen molar-refractivity contribution in [3.8, 4) is 11.3 Å². The number of allylic oxidation sites excluding steroid dienone is 2. The Morgan fingerprint density at radius 1 is 1.07 bits per heavy atom. The summed E-state index contributed by atoms with van der Waals surface area (Å²) in [4.78, 5) is 25.9. The molecule has 5 nitrogen and oxygen atoms in total. The normalized spacial score (nSPS) is 34.2. The molecule has 6 atom stereocenters. The maximum absolute atomic E-state index is 12.9. The lowest BCUT2D eigenvalue weighted by Gasteiger charge is -2.37. The third-order valence-corrected chi connectivity index (χ3v) is 7.43. The number of hydrogen-bond acceptors (Lipinski definition) is 4. The van der Waals surface area contributed by atoms with Crippen molar-refractivity contribution in [2.24, 2.45) is 40.6 Å². The number of imide groups is 1. The summed E-state index contributed by atoms with van der Waals surface area (Å²) in [6.45, 7) is 1.94. The van der Waals surface area contributed by atoms with Gasteiger partial charge in [-0.3, -0.25) is 9.59 Å². The molecule has 1 aromatic heterocycles. The number of hydrazone groups is 1. The number of halogens is 1. The molecule has 1 aliphatic heterocycles. The minimum Gasteiger partial charge on any atom is -0.455 e. The fraction of sp³-hybridized carbons (Fsp3) is 0.348. The molecule has 2 heterocycles. The summed E-state index contributed by atoms with van der Waals surface area (Å²) >= 11 is 6.20. The van der Waals surface area contributed by atoms with Gasteiger partial charge in [-0.15, -0.1) is 0 Å². The first-order chi connectivity index (χ1) is 14.0. The third kappa shape index (κ3) is 2.43. The van der Waals surface area contributed by atoms with Crippen LogP contribution in [0, 0.1) is 42.4 Å². The molecule has 2 bridgehead atoms. The van der Waals surface area contributed by atoms with Crippen LogP contribution in [0.3, 0.4) is 0 Å². The van der Waals surface area contributed by atoms with Crippen LogP contribution in [0.2, 0.25) is 5.02 Å². The average molecular weight is 407 g/mol. The lowest BCUT2D eigenvalue weighted by molar-refractivity contribution is -0.140. The number of amides is 2. The van der Waals surface area contributed by atoms with E-state index < -0.39 is 0 Å². The molecule has 0 spiro atoms. The summed E-state index contributed by atoms with van der Waals surface area (Å²) in [7, 11) is 0.